The second-order valence-electron chi connectivity index (χ2n) is 5.99. The lowest BCUT2D eigenvalue weighted by atomic mass is 9.97. The van der Waals surface area contributed by atoms with Crippen LogP contribution in [-0.2, 0) is 7.05 Å². The number of hydrogen-bond acceptors (Lipinski definition) is 1. The highest BCUT2D eigenvalue weighted by molar-refractivity contribution is 5.91. The molecule has 2 heterocycles. The highest BCUT2D eigenvalue weighted by atomic mass is 15.0. The maximum atomic E-state index is 3.70. The average molecular weight is 256 g/mol. The van der Waals surface area contributed by atoms with Crippen LogP contribution >= 0.6 is 0 Å². The van der Waals surface area contributed by atoms with Crippen LogP contribution in [0, 0.1) is 20.8 Å². The molecule has 1 aromatic carbocycles. The van der Waals surface area contributed by atoms with E-state index in [1.807, 2.05) is 0 Å². The minimum atomic E-state index is 0.532. The summed E-state index contributed by atoms with van der Waals surface area (Å²) < 4.78 is 2.43. The van der Waals surface area contributed by atoms with Crippen LogP contribution in [0.25, 0.3) is 10.9 Å². The molecule has 1 fully saturated rings. The molecule has 102 valence electrons. The van der Waals surface area contributed by atoms with Crippen LogP contribution in [0.3, 0.4) is 0 Å². The summed E-state index contributed by atoms with van der Waals surface area (Å²) in [7, 11) is 2.23. The molecule has 3 rings (SSSR count). The first-order chi connectivity index (χ1) is 9.11. The van der Waals surface area contributed by atoms with Crippen LogP contribution < -0.4 is 5.32 Å². The van der Waals surface area contributed by atoms with E-state index in [2.05, 4.69) is 49.8 Å². The normalized spacial score (nSPS) is 20.1. The van der Waals surface area contributed by atoms with E-state index < -0.39 is 0 Å². The Kier molecular flexibility index (Phi) is 3.14. The standard InChI is InChI=1S/C17H24N2/c1-11-8-9-12(2)16-15(11)13(3)17(19(16)4)14-7-5-6-10-18-14/h8-9,14,18H,5-7,10H2,1-4H3. The molecular weight excluding hydrogens is 232 g/mol. The Morgan fingerprint density at radius 2 is 1.84 bits per heavy atom. The first-order valence-corrected chi connectivity index (χ1v) is 7.39. The second-order valence-corrected chi connectivity index (χ2v) is 5.99. The fourth-order valence-electron chi connectivity index (χ4n) is 3.78. The Morgan fingerprint density at radius 3 is 2.47 bits per heavy atom. The molecule has 1 aliphatic heterocycles. The fourth-order valence-corrected chi connectivity index (χ4v) is 3.78. The zero-order chi connectivity index (χ0) is 13.6. The highest BCUT2D eigenvalue weighted by Gasteiger charge is 2.23. The summed E-state index contributed by atoms with van der Waals surface area (Å²) in [5.41, 5.74) is 7.16. The number of piperidine rings is 1. The van der Waals surface area contributed by atoms with E-state index in [9.17, 15) is 0 Å². The molecule has 0 saturated carbocycles. The molecule has 2 nitrogen and oxygen atoms in total. The van der Waals surface area contributed by atoms with Gasteiger partial charge in [0.05, 0.1) is 5.52 Å². The van der Waals surface area contributed by atoms with E-state index in [-0.39, 0.29) is 0 Å². The summed E-state index contributed by atoms with van der Waals surface area (Å²) >= 11 is 0. The van der Waals surface area contributed by atoms with Crippen LogP contribution in [0.4, 0.5) is 0 Å². The minimum Gasteiger partial charge on any atom is -0.346 e. The Bertz CT molecular complexity index is 571. The van der Waals surface area contributed by atoms with Crippen LogP contribution in [-0.4, -0.2) is 11.1 Å². The van der Waals surface area contributed by atoms with Crippen molar-refractivity contribution in [3.05, 3.63) is 34.5 Å². The van der Waals surface area contributed by atoms with Crippen molar-refractivity contribution in [1.82, 2.24) is 9.88 Å². The predicted octanol–water partition coefficient (Wildman–Crippen LogP) is 3.92. The van der Waals surface area contributed by atoms with E-state index in [1.165, 1.54) is 52.5 Å². The third-order valence-electron chi connectivity index (χ3n) is 4.68. The molecule has 0 radical (unpaired) electrons. The van der Waals surface area contributed by atoms with Crippen molar-refractivity contribution >= 4 is 10.9 Å². The maximum absolute atomic E-state index is 3.70. The zero-order valence-electron chi connectivity index (χ0n) is 12.5. The van der Waals surface area contributed by atoms with Crippen LogP contribution in [0.5, 0.6) is 0 Å². The number of benzene rings is 1. The van der Waals surface area contributed by atoms with Crippen molar-refractivity contribution in [1.29, 1.82) is 0 Å². The summed E-state index contributed by atoms with van der Waals surface area (Å²) in [4.78, 5) is 0. The first kappa shape index (κ1) is 12.7. The fraction of sp³-hybridized carbons (Fsp3) is 0.529. The third kappa shape index (κ3) is 1.90. The van der Waals surface area contributed by atoms with Gasteiger partial charge in [0.1, 0.15) is 0 Å². The number of nitrogens with one attached hydrogen (secondary N) is 1. The molecular formula is C17H24N2. The van der Waals surface area contributed by atoms with Gasteiger partial charge in [-0.05, 0) is 56.8 Å². The summed E-state index contributed by atoms with van der Waals surface area (Å²) in [6, 6.07) is 5.03. The Hall–Kier alpha value is -1.28. The largest absolute Gasteiger partial charge is 0.346 e. The van der Waals surface area contributed by atoms with Gasteiger partial charge in [0, 0.05) is 24.2 Å². The van der Waals surface area contributed by atoms with Crippen molar-refractivity contribution < 1.29 is 0 Å². The Morgan fingerprint density at radius 1 is 1.11 bits per heavy atom. The van der Waals surface area contributed by atoms with Gasteiger partial charge in [-0.3, -0.25) is 0 Å². The Labute approximate surface area is 115 Å². The number of hydrogen-bond donors (Lipinski definition) is 1. The van der Waals surface area contributed by atoms with Gasteiger partial charge in [0.15, 0.2) is 0 Å². The topological polar surface area (TPSA) is 17.0 Å². The van der Waals surface area contributed by atoms with Crippen molar-refractivity contribution in [3.8, 4) is 0 Å². The van der Waals surface area contributed by atoms with E-state index in [4.69, 9.17) is 0 Å². The molecule has 1 unspecified atom stereocenters. The molecule has 0 aliphatic carbocycles. The van der Waals surface area contributed by atoms with Crippen molar-refractivity contribution in [3.63, 3.8) is 0 Å². The van der Waals surface area contributed by atoms with Crippen LogP contribution in [0.2, 0.25) is 0 Å². The lowest BCUT2D eigenvalue weighted by Crippen LogP contribution is -2.28. The van der Waals surface area contributed by atoms with Crippen molar-refractivity contribution in [2.24, 2.45) is 7.05 Å². The summed E-state index contributed by atoms with van der Waals surface area (Å²) in [5.74, 6) is 0. The molecule has 1 aromatic heterocycles. The molecule has 2 heteroatoms. The molecule has 1 saturated heterocycles. The predicted molar refractivity (Wildman–Crippen MR) is 81.7 cm³/mol. The smallest absolute Gasteiger partial charge is 0.0515 e. The average Bonchev–Trinajstić information content (AvgIpc) is 2.68. The van der Waals surface area contributed by atoms with Crippen molar-refractivity contribution in [2.75, 3.05) is 6.54 Å². The molecule has 1 atom stereocenters. The minimum absolute atomic E-state index is 0.532. The van der Waals surface area contributed by atoms with Gasteiger partial charge in [0.2, 0.25) is 0 Å². The number of nitrogens with zero attached hydrogens (tertiary/aromatic N) is 1. The highest BCUT2D eigenvalue weighted by Crippen LogP contribution is 2.35. The lowest BCUT2D eigenvalue weighted by Gasteiger charge is -2.25. The van der Waals surface area contributed by atoms with Gasteiger partial charge in [-0.25, -0.2) is 0 Å². The quantitative estimate of drug-likeness (QED) is 0.818. The van der Waals surface area contributed by atoms with Gasteiger partial charge >= 0.3 is 0 Å². The molecule has 19 heavy (non-hydrogen) atoms. The number of aromatic nitrogens is 1. The molecule has 0 amide bonds. The molecule has 2 aromatic rings. The lowest BCUT2D eigenvalue weighted by molar-refractivity contribution is 0.398. The number of rotatable bonds is 1. The second kappa shape index (κ2) is 4.68. The first-order valence-electron chi connectivity index (χ1n) is 7.39. The van der Waals surface area contributed by atoms with Gasteiger partial charge in [-0.15, -0.1) is 0 Å². The summed E-state index contributed by atoms with van der Waals surface area (Å²) in [5, 5.41) is 5.16. The van der Waals surface area contributed by atoms with Crippen LogP contribution in [0.1, 0.15) is 47.7 Å². The monoisotopic (exact) mass is 256 g/mol. The zero-order valence-corrected chi connectivity index (χ0v) is 12.5. The third-order valence-corrected chi connectivity index (χ3v) is 4.68. The summed E-state index contributed by atoms with van der Waals surface area (Å²) in [6.45, 7) is 7.90. The van der Waals surface area contributed by atoms with E-state index >= 15 is 0 Å². The van der Waals surface area contributed by atoms with E-state index in [0.29, 0.717) is 6.04 Å². The van der Waals surface area contributed by atoms with Gasteiger partial charge in [-0.2, -0.15) is 0 Å². The molecule has 0 spiro atoms. The molecule has 0 bridgehead atoms. The van der Waals surface area contributed by atoms with Gasteiger partial charge in [-0.1, -0.05) is 18.6 Å². The number of aryl methyl sites for hydroxylation is 4. The van der Waals surface area contributed by atoms with Gasteiger partial charge in [0.25, 0.3) is 0 Å². The molecule has 1 N–H and O–H groups in total. The van der Waals surface area contributed by atoms with E-state index in [1.54, 1.807) is 0 Å². The van der Waals surface area contributed by atoms with Gasteiger partial charge < -0.3 is 9.88 Å². The van der Waals surface area contributed by atoms with E-state index in [0.717, 1.165) is 6.54 Å². The van der Waals surface area contributed by atoms with Crippen LogP contribution in [0.15, 0.2) is 12.1 Å². The van der Waals surface area contributed by atoms with Crippen molar-refractivity contribution in [2.45, 2.75) is 46.1 Å². The molecule has 1 aliphatic rings. The summed E-state index contributed by atoms with van der Waals surface area (Å²) in [6.07, 6.45) is 3.93. The SMILES string of the molecule is Cc1ccc(C)c2c1c(C)c(C1CCCCN1)n2C. The Balaban J connectivity index is 2.25. The number of fused-ring (bicyclic) bond motifs is 1. The maximum Gasteiger partial charge on any atom is 0.0515 e.